The highest BCUT2D eigenvalue weighted by atomic mass is 32.1. The van der Waals surface area contributed by atoms with Crippen molar-refractivity contribution in [1.82, 2.24) is 4.98 Å². The van der Waals surface area contributed by atoms with E-state index in [1.807, 2.05) is 6.92 Å². The van der Waals surface area contributed by atoms with Gasteiger partial charge >= 0.3 is 11.8 Å². The molecule has 2 rings (SSSR count). The minimum absolute atomic E-state index is 0.372. The molecule has 2 amide bonds. The summed E-state index contributed by atoms with van der Waals surface area (Å²) in [7, 11) is 0. The molecule has 1 heterocycles. The Morgan fingerprint density at radius 1 is 1.26 bits per heavy atom. The van der Waals surface area contributed by atoms with Gasteiger partial charge in [-0.2, -0.15) is 0 Å². The summed E-state index contributed by atoms with van der Waals surface area (Å²) in [6.07, 6.45) is 1.54. The van der Waals surface area contributed by atoms with Gasteiger partial charge in [-0.3, -0.25) is 14.9 Å². The number of carbonyl (C=O) groups is 2. The number of aromatic nitrogens is 1. The van der Waals surface area contributed by atoms with E-state index < -0.39 is 11.8 Å². The van der Waals surface area contributed by atoms with Crippen LogP contribution in [0.3, 0.4) is 0 Å². The van der Waals surface area contributed by atoms with E-state index >= 15 is 0 Å². The standard InChI is InChI=1S/C12H12N4O2S/c1-7-2-3-9(8(13)6-7)15-10(17)11(18)16-12-14-4-5-19-12/h2-6H,13H2,1H3,(H,15,17)(H,14,16,18). The summed E-state index contributed by atoms with van der Waals surface area (Å²) in [5, 5.41) is 6.91. The lowest BCUT2D eigenvalue weighted by molar-refractivity contribution is -0.132. The number of anilines is 3. The van der Waals surface area contributed by atoms with Crippen LogP contribution in [-0.4, -0.2) is 16.8 Å². The van der Waals surface area contributed by atoms with Crippen LogP contribution in [0.25, 0.3) is 0 Å². The summed E-state index contributed by atoms with van der Waals surface area (Å²) >= 11 is 1.23. The maximum absolute atomic E-state index is 11.7. The van der Waals surface area contributed by atoms with E-state index in [1.165, 1.54) is 17.5 Å². The van der Waals surface area contributed by atoms with Crippen LogP contribution in [0.5, 0.6) is 0 Å². The highest BCUT2D eigenvalue weighted by molar-refractivity contribution is 7.13. The SMILES string of the molecule is Cc1ccc(NC(=O)C(=O)Nc2nccs2)c(N)c1. The van der Waals surface area contributed by atoms with Crippen molar-refractivity contribution < 1.29 is 9.59 Å². The van der Waals surface area contributed by atoms with Gasteiger partial charge in [0.25, 0.3) is 0 Å². The van der Waals surface area contributed by atoms with Crippen LogP contribution in [-0.2, 0) is 9.59 Å². The number of thiazole rings is 1. The second kappa shape index (κ2) is 5.49. The first kappa shape index (κ1) is 13.0. The van der Waals surface area contributed by atoms with E-state index in [0.29, 0.717) is 16.5 Å². The van der Waals surface area contributed by atoms with Crippen molar-refractivity contribution in [3.63, 3.8) is 0 Å². The molecule has 0 radical (unpaired) electrons. The number of hydrogen-bond acceptors (Lipinski definition) is 5. The lowest BCUT2D eigenvalue weighted by Gasteiger charge is -2.08. The molecule has 2 aromatic rings. The zero-order valence-electron chi connectivity index (χ0n) is 10.1. The number of nitrogens with two attached hydrogens (primary N) is 1. The summed E-state index contributed by atoms with van der Waals surface area (Å²) in [4.78, 5) is 27.1. The number of nitrogen functional groups attached to an aromatic ring is 1. The molecule has 0 aliphatic carbocycles. The normalized spacial score (nSPS) is 9.95. The first-order valence-corrected chi connectivity index (χ1v) is 6.32. The van der Waals surface area contributed by atoms with E-state index in [1.54, 1.807) is 23.6 Å². The highest BCUT2D eigenvalue weighted by Gasteiger charge is 2.15. The third-order valence-corrected chi connectivity index (χ3v) is 3.00. The summed E-state index contributed by atoms with van der Waals surface area (Å²) in [6.45, 7) is 1.89. The van der Waals surface area contributed by atoms with E-state index in [4.69, 9.17) is 5.73 Å². The van der Waals surface area contributed by atoms with Gasteiger partial charge in [-0.05, 0) is 24.6 Å². The average molecular weight is 276 g/mol. The lowest BCUT2D eigenvalue weighted by atomic mass is 10.2. The Kier molecular flexibility index (Phi) is 3.76. The van der Waals surface area contributed by atoms with Crippen molar-refractivity contribution in [3.8, 4) is 0 Å². The number of aryl methyl sites for hydroxylation is 1. The molecular weight excluding hydrogens is 264 g/mol. The van der Waals surface area contributed by atoms with Gasteiger partial charge in [-0.15, -0.1) is 11.3 Å². The summed E-state index contributed by atoms with van der Waals surface area (Å²) in [6, 6.07) is 5.16. The third kappa shape index (κ3) is 3.29. The fourth-order valence-corrected chi connectivity index (χ4v) is 1.94. The molecule has 98 valence electrons. The van der Waals surface area contributed by atoms with Gasteiger partial charge in [0.1, 0.15) is 0 Å². The molecule has 0 unspecified atom stereocenters. The second-order valence-corrected chi connectivity index (χ2v) is 4.73. The molecule has 0 aliphatic rings. The number of nitrogens with zero attached hydrogens (tertiary/aromatic N) is 1. The minimum Gasteiger partial charge on any atom is -0.397 e. The first-order valence-electron chi connectivity index (χ1n) is 5.44. The van der Waals surface area contributed by atoms with E-state index in [9.17, 15) is 9.59 Å². The Balaban J connectivity index is 2.02. The Bertz CT molecular complexity index is 610. The number of carbonyl (C=O) groups excluding carboxylic acids is 2. The molecule has 0 bridgehead atoms. The highest BCUT2D eigenvalue weighted by Crippen LogP contribution is 2.19. The van der Waals surface area contributed by atoms with Crippen LogP contribution in [0.1, 0.15) is 5.56 Å². The maximum Gasteiger partial charge on any atom is 0.315 e. The monoisotopic (exact) mass is 276 g/mol. The summed E-state index contributed by atoms with van der Waals surface area (Å²) in [5.74, 6) is -1.57. The molecule has 0 saturated carbocycles. The number of nitrogens with one attached hydrogen (secondary N) is 2. The molecular formula is C12H12N4O2S. The quantitative estimate of drug-likeness (QED) is 0.573. The Morgan fingerprint density at radius 3 is 2.63 bits per heavy atom. The van der Waals surface area contributed by atoms with Crippen LogP contribution < -0.4 is 16.4 Å². The molecule has 1 aromatic heterocycles. The predicted octanol–water partition coefficient (Wildman–Crippen LogP) is 1.61. The van der Waals surface area contributed by atoms with Gasteiger partial charge in [-0.25, -0.2) is 4.98 Å². The largest absolute Gasteiger partial charge is 0.397 e. The van der Waals surface area contributed by atoms with Gasteiger partial charge in [0.05, 0.1) is 11.4 Å². The predicted molar refractivity (Wildman–Crippen MR) is 75.0 cm³/mol. The average Bonchev–Trinajstić information content (AvgIpc) is 2.85. The van der Waals surface area contributed by atoms with Crippen LogP contribution in [0.4, 0.5) is 16.5 Å². The summed E-state index contributed by atoms with van der Waals surface area (Å²) < 4.78 is 0. The summed E-state index contributed by atoms with van der Waals surface area (Å²) in [5.41, 5.74) is 7.54. The van der Waals surface area contributed by atoms with E-state index in [-0.39, 0.29) is 0 Å². The molecule has 1 aromatic carbocycles. The molecule has 0 saturated heterocycles. The molecule has 0 fully saturated rings. The zero-order chi connectivity index (χ0) is 13.8. The maximum atomic E-state index is 11.7. The van der Waals surface area contributed by atoms with Gasteiger partial charge < -0.3 is 11.1 Å². The van der Waals surface area contributed by atoms with Crippen LogP contribution in [0.2, 0.25) is 0 Å². The second-order valence-electron chi connectivity index (χ2n) is 3.84. The van der Waals surface area contributed by atoms with Gasteiger partial charge in [0.15, 0.2) is 5.13 Å². The van der Waals surface area contributed by atoms with Crippen LogP contribution >= 0.6 is 11.3 Å². The Morgan fingerprint density at radius 2 is 2.00 bits per heavy atom. The minimum atomic E-state index is -0.786. The first-order chi connectivity index (χ1) is 9.06. The van der Waals surface area contributed by atoms with Crippen LogP contribution in [0, 0.1) is 6.92 Å². The number of benzene rings is 1. The van der Waals surface area contributed by atoms with Crippen molar-refractivity contribution >= 4 is 39.7 Å². The molecule has 0 aliphatic heterocycles. The van der Waals surface area contributed by atoms with Crippen molar-refractivity contribution in [1.29, 1.82) is 0 Å². The zero-order valence-corrected chi connectivity index (χ0v) is 11.0. The van der Waals surface area contributed by atoms with Crippen LogP contribution in [0.15, 0.2) is 29.8 Å². The van der Waals surface area contributed by atoms with Crippen molar-refractivity contribution in [3.05, 3.63) is 35.3 Å². The molecule has 7 heteroatoms. The molecule has 19 heavy (non-hydrogen) atoms. The Labute approximate surface area is 113 Å². The van der Waals surface area contributed by atoms with Gasteiger partial charge in [0, 0.05) is 11.6 Å². The van der Waals surface area contributed by atoms with Gasteiger partial charge in [0.2, 0.25) is 0 Å². The molecule has 0 atom stereocenters. The topological polar surface area (TPSA) is 97.1 Å². The number of hydrogen-bond donors (Lipinski definition) is 3. The van der Waals surface area contributed by atoms with E-state index in [0.717, 1.165) is 5.56 Å². The molecule has 6 nitrogen and oxygen atoms in total. The van der Waals surface area contributed by atoms with Crippen molar-refractivity contribution in [2.75, 3.05) is 16.4 Å². The van der Waals surface area contributed by atoms with E-state index in [2.05, 4.69) is 15.6 Å². The number of rotatable bonds is 2. The fourth-order valence-electron chi connectivity index (χ4n) is 1.41. The number of amides is 2. The van der Waals surface area contributed by atoms with Gasteiger partial charge in [-0.1, -0.05) is 6.07 Å². The van der Waals surface area contributed by atoms with Crippen molar-refractivity contribution in [2.24, 2.45) is 0 Å². The van der Waals surface area contributed by atoms with Crippen molar-refractivity contribution in [2.45, 2.75) is 6.92 Å². The molecule has 0 spiro atoms. The third-order valence-electron chi connectivity index (χ3n) is 2.31. The molecule has 4 N–H and O–H groups in total. The smallest absolute Gasteiger partial charge is 0.315 e. The lowest BCUT2D eigenvalue weighted by Crippen LogP contribution is -2.29. The Hall–Kier alpha value is -2.41. The fraction of sp³-hybridized carbons (Fsp3) is 0.0833.